The van der Waals surface area contributed by atoms with Gasteiger partial charge in [-0.05, 0) is 25.0 Å². The maximum absolute atomic E-state index is 6.04. The van der Waals surface area contributed by atoms with E-state index in [0.717, 1.165) is 35.0 Å². The summed E-state index contributed by atoms with van der Waals surface area (Å²) in [5.74, 6) is 2.59. The van der Waals surface area contributed by atoms with Gasteiger partial charge in [-0.2, -0.15) is 0 Å². The molecule has 0 amide bonds. The van der Waals surface area contributed by atoms with Crippen molar-refractivity contribution < 1.29 is 4.74 Å². The van der Waals surface area contributed by atoms with Crippen molar-refractivity contribution in [2.24, 2.45) is 0 Å². The van der Waals surface area contributed by atoms with Gasteiger partial charge in [0, 0.05) is 21.9 Å². The van der Waals surface area contributed by atoms with Crippen LogP contribution in [0.5, 0.6) is 5.75 Å². The van der Waals surface area contributed by atoms with Crippen LogP contribution in [-0.2, 0) is 6.42 Å². The molecule has 1 aromatic carbocycles. The zero-order valence-corrected chi connectivity index (χ0v) is 12.7. The summed E-state index contributed by atoms with van der Waals surface area (Å²) in [5.41, 5.74) is 1.13. The van der Waals surface area contributed by atoms with Crippen LogP contribution in [0.25, 0.3) is 0 Å². The molecule has 0 radical (unpaired) electrons. The molecule has 1 aromatic heterocycles. The molecule has 2 aromatic rings. The first kappa shape index (κ1) is 13.3. The summed E-state index contributed by atoms with van der Waals surface area (Å²) in [6.07, 6.45) is 2.01. The van der Waals surface area contributed by atoms with Crippen LogP contribution in [0.4, 0.5) is 0 Å². The van der Waals surface area contributed by atoms with Gasteiger partial charge >= 0.3 is 0 Å². The van der Waals surface area contributed by atoms with Gasteiger partial charge in [0.25, 0.3) is 0 Å². The number of aryl methyl sites for hydroxylation is 1. The standard InChI is InChI=1S/C14H14ClNOS2/c15-7-3-4-10-8-19-14(16-10)12-9-18-13-6-2-1-5-11(13)17-12/h1-2,5-6,8,12H,3-4,7,9H2. The van der Waals surface area contributed by atoms with Gasteiger partial charge in [0.2, 0.25) is 0 Å². The molecule has 19 heavy (non-hydrogen) atoms. The molecular formula is C14H14ClNOS2. The van der Waals surface area contributed by atoms with E-state index in [-0.39, 0.29) is 6.10 Å². The Morgan fingerprint density at radius 3 is 3.16 bits per heavy atom. The van der Waals surface area contributed by atoms with E-state index >= 15 is 0 Å². The van der Waals surface area contributed by atoms with Crippen LogP contribution in [0.3, 0.4) is 0 Å². The van der Waals surface area contributed by atoms with Crippen LogP contribution < -0.4 is 4.74 Å². The van der Waals surface area contributed by atoms with E-state index < -0.39 is 0 Å². The van der Waals surface area contributed by atoms with Crippen LogP contribution >= 0.6 is 34.7 Å². The summed E-state index contributed by atoms with van der Waals surface area (Å²) in [7, 11) is 0. The Morgan fingerprint density at radius 2 is 2.26 bits per heavy atom. The number of alkyl halides is 1. The fourth-order valence-electron chi connectivity index (χ4n) is 1.97. The number of aromatic nitrogens is 1. The van der Waals surface area contributed by atoms with Crippen molar-refractivity contribution in [3.05, 3.63) is 40.3 Å². The highest BCUT2D eigenvalue weighted by atomic mass is 35.5. The van der Waals surface area contributed by atoms with Gasteiger partial charge in [-0.1, -0.05) is 12.1 Å². The molecule has 100 valence electrons. The van der Waals surface area contributed by atoms with Crippen LogP contribution in [0.2, 0.25) is 0 Å². The molecule has 0 fully saturated rings. The van der Waals surface area contributed by atoms with Crippen molar-refractivity contribution in [2.75, 3.05) is 11.6 Å². The Balaban J connectivity index is 1.72. The van der Waals surface area contributed by atoms with Crippen molar-refractivity contribution in [1.29, 1.82) is 0 Å². The first-order chi connectivity index (χ1) is 9.36. The third-order valence-corrected chi connectivity index (χ3v) is 5.29. The van der Waals surface area contributed by atoms with E-state index in [1.807, 2.05) is 30.0 Å². The predicted molar refractivity (Wildman–Crippen MR) is 81.7 cm³/mol. The molecule has 2 nitrogen and oxygen atoms in total. The minimum absolute atomic E-state index is 0.0784. The average Bonchev–Trinajstić information content (AvgIpc) is 2.93. The van der Waals surface area contributed by atoms with Gasteiger partial charge < -0.3 is 4.74 Å². The second-order valence-electron chi connectivity index (χ2n) is 4.33. The van der Waals surface area contributed by atoms with E-state index in [4.69, 9.17) is 16.3 Å². The number of fused-ring (bicyclic) bond motifs is 1. The highest BCUT2D eigenvalue weighted by Crippen LogP contribution is 2.40. The second kappa shape index (κ2) is 6.16. The van der Waals surface area contributed by atoms with Gasteiger partial charge in [-0.3, -0.25) is 0 Å². The monoisotopic (exact) mass is 311 g/mol. The molecule has 2 heterocycles. The first-order valence-electron chi connectivity index (χ1n) is 6.25. The van der Waals surface area contributed by atoms with Crippen LogP contribution in [0.1, 0.15) is 23.2 Å². The largest absolute Gasteiger partial charge is 0.481 e. The van der Waals surface area contributed by atoms with Crippen molar-refractivity contribution in [3.8, 4) is 5.75 Å². The number of para-hydroxylation sites is 1. The lowest BCUT2D eigenvalue weighted by Crippen LogP contribution is -2.14. The summed E-state index contributed by atoms with van der Waals surface area (Å²) < 4.78 is 6.04. The Hall–Kier alpha value is -0.710. The summed E-state index contributed by atoms with van der Waals surface area (Å²) in [6, 6.07) is 8.18. The average molecular weight is 312 g/mol. The Labute approximate surface area is 126 Å². The van der Waals surface area contributed by atoms with Gasteiger partial charge in [0.15, 0.2) is 6.10 Å². The molecule has 1 aliphatic rings. The number of thiazole rings is 1. The zero-order chi connectivity index (χ0) is 13.1. The van der Waals surface area contributed by atoms with Gasteiger partial charge in [-0.15, -0.1) is 34.7 Å². The molecule has 0 aliphatic carbocycles. The summed E-state index contributed by atoms with van der Waals surface area (Å²) in [4.78, 5) is 5.89. The van der Waals surface area contributed by atoms with Gasteiger partial charge in [-0.25, -0.2) is 4.98 Å². The molecule has 0 N–H and O–H groups in total. The second-order valence-corrected chi connectivity index (χ2v) is 6.66. The summed E-state index contributed by atoms with van der Waals surface area (Å²) in [5, 5.41) is 3.20. The number of benzene rings is 1. The van der Waals surface area contributed by atoms with E-state index in [2.05, 4.69) is 16.4 Å². The maximum atomic E-state index is 6.04. The Kier molecular flexibility index (Phi) is 4.31. The van der Waals surface area contributed by atoms with Crippen molar-refractivity contribution in [2.45, 2.75) is 23.8 Å². The molecule has 1 unspecified atom stereocenters. The van der Waals surface area contributed by atoms with Crippen LogP contribution in [0, 0.1) is 0 Å². The minimum atomic E-state index is 0.0784. The number of hydrogen-bond donors (Lipinski definition) is 0. The molecule has 1 atom stereocenters. The van der Waals surface area contributed by atoms with Crippen molar-refractivity contribution >= 4 is 34.7 Å². The fourth-order valence-corrected chi connectivity index (χ4v) is 4.08. The molecule has 3 rings (SSSR count). The third-order valence-electron chi connectivity index (χ3n) is 2.92. The number of halogens is 1. The SMILES string of the molecule is ClCCCc1csc(C2CSc3ccccc3O2)n1. The quantitative estimate of drug-likeness (QED) is 0.774. The van der Waals surface area contributed by atoms with Crippen molar-refractivity contribution in [1.82, 2.24) is 4.98 Å². The van der Waals surface area contributed by atoms with E-state index in [9.17, 15) is 0 Å². The summed E-state index contributed by atoms with van der Waals surface area (Å²) in [6.45, 7) is 0. The van der Waals surface area contributed by atoms with E-state index in [1.54, 1.807) is 11.3 Å². The first-order valence-corrected chi connectivity index (χ1v) is 8.65. The van der Waals surface area contributed by atoms with Crippen LogP contribution in [0.15, 0.2) is 34.5 Å². The maximum Gasteiger partial charge on any atom is 0.159 e. The third kappa shape index (κ3) is 3.07. The fraction of sp³-hybridized carbons (Fsp3) is 0.357. The highest BCUT2D eigenvalue weighted by Gasteiger charge is 2.24. The number of nitrogens with zero attached hydrogens (tertiary/aromatic N) is 1. The lowest BCUT2D eigenvalue weighted by atomic mass is 10.3. The lowest BCUT2D eigenvalue weighted by Gasteiger charge is -2.23. The molecule has 0 saturated heterocycles. The van der Waals surface area contributed by atoms with Crippen LogP contribution in [-0.4, -0.2) is 16.6 Å². The molecule has 1 aliphatic heterocycles. The van der Waals surface area contributed by atoms with Gasteiger partial charge in [0.05, 0.1) is 5.69 Å². The molecule has 0 spiro atoms. The molecule has 0 bridgehead atoms. The Bertz CT molecular complexity index is 558. The lowest BCUT2D eigenvalue weighted by molar-refractivity contribution is 0.219. The number of ether oxygens (including phenoxy) is 1. The number of rotatable bonds is 4. The highest BCUT2D eigenvalue weighted by molar-refractivity contribution is 7.99. The minimum Gasteiger partial charge on any atom is -0.481 e. The number of thioether (sulfide) groups is 1. The predicted octanol–water partition coefficient (Wildman–Crippen LogP) is 4.54. The molecular weight excluding hydrogens is 298 g/mol. The van der Waals surface area contributed by atoms with Crippen molar-refractivity contribution in [3.63, 3.8) is 0 Å². The van der Waals surface area contributed by atoms with E-state index in [1.165, 1.54) is 4.90 Å². The smallest absolute Gasteiger partial charge is 0.159 e. The number of hydrogen-bond acceptors (Lipinski definition) is 4. The van der Waals surface area contributed by atoms with E-state index in [0.29, 0.717) is 5.88 Å². The Morgan fingerprint density at radius 1 is 1.37 bits per heavy atom. The van der Waals surface area contributed by atoms with Gasteiger partial charge in [0.1, 0.15) is 10.8 Å². The zero-order valence-electron chi connectivity index (χ0n) is 10.3. The topological polar surface area (TPSA) is 22.1 Å². The molecule has 5 heteroatoms. The normalized spacial score (nSPS) is 17.8. The summed E-state index contributed by atoms with van der Waals surface area (Å²) >= 11 is 9.24. The molecule has 0 saturated carbocycles.